The Balaban J connectivity index is 1.82. The molecular formula is C16H18N4O3. The number of hydrogen-bond acceptors (Lipinski definition) is 4. The highest BCUT2D eigenvalue weighted by Crippen LogP contribution is 2.22. The van der Waals surface area contributed by atoms with Gasteiger partial charge in [0.1, 0.15) is 5.92 Å². The zero-order valence-corrected chi connectivity index (χ0v) is 12.8. The molecule has 0 radical (unpaired) electrons. The number of carboxylic acid groups (broad SMARTS) is 1. The summed E-state index contributed by atoms with van der Waals surface area (Å²) in [5, 5.41) is 17.5. The van der Waals surface area contributed by atoms with E-state index >= 15 is 0 Å². The van der Waals surface area contributed by atoms with Crippen LogP contribution in [0.3, 0.4) is 0 Å². The first kappa shape index (κ1) is 15.2. The van der Waals surface area contributed by atoms with Crippen LogP contribution in [-0.2, 0) is 22.7 Å². The number of aromatic nitrogens is 3. The summed E-state index contributed by atoms with van der Waals surface area (Å²) >= 11 is 0. The van der Waals surface area contributed by atoms with Crippen molar-refractivity contribution in [1.29, 1.82) is 0 Å². The fourth-order valence-corrected chi connectivity index (χ4v) is 2.82. The average molecular weight is 314 g/mol. The molecule has 1 aromatic carbocycles. The van der Waals surface area contributed by atoms with Crippen LogP contribution in [0.15, 0.2) is 30.3 Å². The highest BCUT2D eigenvalue weighted by molar-refractivity contribution is 5.96. The van der Waals surface area contributed by atoms with Crippen molar-refractivity contribution in [3.8, 4) is 11.4 Å². The average Bonchev–Trinajstić information content (AvgIpc) is 2.99. The van der Waals surface area contributed by atoms with E-state index in [0.717, 1.165) is 11.4 Å². The van der Waals surface area contributed by atoms with Gasteiger partial charge in [0, 0.05) is 18.7 Å². The highest BCUT2D eigenvalue weighted by atomic mass is 16.4. The Labute approximate surface area is 133 Å². The summed E-state index contributed by atoms with van der Waals surface area (Å²) in [4.78, 5) is 25.1. The molecule has 2 heterocycles. The Hall–Kier alpha value is -2.70. The number of rotatable bonds is 4. The van der Waals surface area contributed by atoms with Crippen LogP contribution in [0.25, 0.3) is 11.4 Å². The molecule has 7 nitrogen and oxygen atoms in total. The van der Waals surface area contributed by atoms with Crippen LogP contribution in [0.5, 0.6) is 0 Å². The van der Waals surface area contributed by atoms with E-state index in [4.69, 9.17) is 5.11 Å². The molecule has 1 unspecified atom stereocenters. The lowest BCUT2D eigenvalue weighted by molar-refractivity contribution is -0.152. The van der Waals surface area contributed by atoms with Crippen molar-refractivity contribution in [3.63, 3.8) is 0 Å². The van der Waals surface area contributed by atoms with Crippen LogP contribution in [0.2, 0.25) is 0 Å². The van der Waals surface area contributed by atoms with Gasteiger partial charge in [-0.3, -0.25) is 9.59 Å². The summed E-state index contributed by atoms with van der Waals surface area (Å²) in [6, 6.07) is 9.75. The van der Waals surface area contributed by atoms with Crippen molar-refractivity contribution in [1.82, 2.24) is 19.7 Å². The summed E-state index contributed by atoms with van der Waals surface area (Å²) in [6.07, 6.45) is 0.284. The smallest absolute Gasteiger partial charge is 0.316 e. The quantitative estimate of drug-likeness (QED) is 0.862. The molecule has 2 aromatic rings. The third-order valence-corrected chi connectivity index (χ3v) is 4.10. The number of nitrogens with zero attached hydrogens (tertiary/aromatic N) is 4. The van der Waals surface area contributed by atoms with Gasteiger partial charge in [-0.2, -0.15) is 0 Å². The van der Waals surface area contributed by atoms with Gasteiger partial charge < -0.3 is 14.6 Å². The minimum absolute atomic E-state index is 0.284. The predicted molar refractivity (Wildman–Crippen MR) is 82.3 cm³/mol. The summed E-state index contributed by atoms with van der Waals surface area (Å²) in [7, 11) is 0. The fourth-order valence-electron chi connectivity index (χ4n) is 2.82. The highest BCUT2D eigenvalue weighted by Gasteiger charge is 2.32. The van der Waals surface area contributed by atoms with Gasteiger partial charge in [-0.25, -0.2) is 0 Å². The van der Waals surface area contributed by atoms with Crippen molar-refractivity contribution >= 4 is 11.9 Å². The van der Waals surface area contributed by atoms with Crippen LogP contribution in [0, 0.1) is 5.92 Å². The number of carbonyl (C=O) groups excluding carboxylic acids is 1. The maximum atomic E-state index is 12.3. The Morgan fingerprint density at radius 1 is 1.22 bits per heavy atom. The normalized spacial score (nSPS) is 15.1. The van der Waals surface area contributed by atoms with E-state index in [1.165, 1.54) is 0 Å². The molecular weight excluding hydrogens is 296 g/mol. The van der Waals surface area contributed by atoms with Crippen LogP contribution >= 0.6 is 0 Å². The number of benzene rings is 1. The summed E-state index contributed by atoms with van der Waals surface area (Å²) in [6.45, 7) is 3.03. The van der Waals surface area contributed by atoms with Gasteiger partial charge in [-0.1, -0.05) is 37.3 Å². The van der Waals surface area contributed by atoms with Crippen LogP contribution in [0.1, 0.15) is 19.2 Å². The lowest BCUT2D eigenvalue weighted by atomic mass is 10.0. The minimum atomic E-state index is -1.07. The van der Waals surface area contributed by atoms with Crippen molar-refractivity contribution in [2.45, 2.75) is 26.4 Å². The molecule has 1 amide bonds. The number of aliphatic carboxylic acids is 1. The first-order valence-electron chi connectivity index (χ1n) is 7.61. The Morgan fingerprint density at radius 2 is 1.96 bits per heavy atom. The molecule has 1 aliphatic rings. The molecule has 1 aliphatic heterocycles. The van der Waals surface area contributed by atoms with Crippen LogP contribution < -0.4 is 0 Å². The molecule has 0 aliphatic carbocycles. The minimum Gasteiger partial charge on any atom is -0.481 e. The molecule has 0 fully saturated rings. The molecule has 23 heavy (non-hydrogen) atoms. The summed E-state index contributed by atoms with van der Waals surface area (Å²) in [5.41, 5.74) is 0.975. The monoisotopic (exact) mass is 314 g/mol. The van der Waals surface area contributed by atoms with Crippen molar-refractivity contribution < 1.29 is 14.7 Å². The van der Waals surface area contributed by atoms with Crippen molar-refractivity contribution in [3.05, 3.63) is 36.2 Å². The van der Waals surface area contributed by atoms with E-state index in [0.29, 0.717) is 25.5 Å². The number of hydrogen-bond donors (Lipinski definition) is 1. The lowest BCUT2D eigenvalue weighted by Gasteiger charge is -2.29. The van der Waals surface area contributed by atoms with E-state index in [1.807, 2.05) is 34.9 Å². The molecule has 120 valence electrons. The van der Waals surface area contributed by atoms with Gasteiger partial charge in [-0.05, 0) is 6.42 Å². The molecule has 0 saturated heterocycles. The van der Waals surface area contributed by atoms with Crippen LogP contribution in [0.4, 0.5) is 0 Å². The molecule has 1 aromatic heterocycles. The van der Waals surface area contributed by atoms with E-state index in [9.17, 15) is 9.59 Å². The molecule has 0 spiro atoms. The van der Waals surface area contributed by atoms with Gasteiger partial charge in [-0.15, -0.1) is 10.2 Å². The van der Waals surface area contributed by atoms with E-state index in [2.05, 4.69) is 10.2 Å². The second-order valence-corrected chi connectivity index (χ2v) is 5.52. The second-order valence-electron chi connectivity index (χ2n) is 5.52. The molecule has 1 N–H and O–H groups in total. The standard InChI is InChI=1S/C16H18N4O3/c1-2-12(16(22)23)15(21)19-8-9-20-13(10-19)17-18-14(20)11-6-4-3-5-7-11/h3-7,12H,2,8-10H2,1H3,(H,22,23). The second kappa shape index (κ2) is 6.20. The number of amides is 1. The SMILES string of the molecule is CCC(C(=O)O)C(=O)N1CCn2c(nnc2-c2ccccc2)C1. The van der Waals surface area contributed by atoms with E-state index in [1.54, 1.807) is 11.8 Å². The summed E-state index contributed by atoms with van der Waals surface area (Å²) in [5.74, 6) is -0.954. The Kier molecular flexibility index (Phi) is 4.10. The van der Waals surface area contributed by atoms with Gasteiger partial charge in [0.2, 0.25) is 5.91 Å². The molecule has 7 heteroatoms. The lowest BCUT2D eigenvalue weighted by Crippen LogP contribution is -2.43. The molecule has 1 atom stereocenters. The first-order valence-corrected chi connectivity index (χ1v) is 7.61. The largest absolute Gasteiger partial charge is 0.481 e. The molecule has 0 bridgehead atoms. The van der Waals surface area contributed by atoms with Gasteiger partial charge in [0.25, 0.3) is 0 Å². The Morgan fingerprint density at radius 3 is 2.61 bits per heavy atom. The van der Waals surface area contributed by atoms with Crippen LogP contribution in [-0.4, -0.2) is 43.2 Å². The zero-order valence-electron chi connectivity index (χ0n) is 12.8. The third kappa shape index (κ3) is 2.81. The van der Waals surface area contributed by atoms with Gasteiger partial charge in [0.05, 0.1) is 6.54 Å². The first-order chi connectivity index (χ1) is 11.1. The maximum Gasteiger partial charge on any atom is 0.316 e. The molecule has 3 rings (SSSR count). The van der Waals surface area contributed by atoms with E-state index in [-0.39, 0.29) is 12.3 Å². The Bertz CT molecular complexity index is 726. The van der Waals surface area contributed by atoms with Gasteiger partial charge >= 0.3 is 5.97 Å². The van der Waals surface area contributed by atoms with Gasteiger partial charge in [0.15, 0.2) is 11.6 Å². The molecule has 0 saturated carbocycles. The van der Waals surface area contributed by atoms with E-state index < -0.39 is 11.9 Å². The number of fused-ring (bicyclic) bond motifs is 1. The zero-order chi connectivity index (χ0) is 16.4. The number of carbonyl (C=O) groups is 2. The van der Waals surface area contributed by atoms with Crippen molar-refractivity contribution in [2.75, 3.05) is 6.54 Å². The third-order valence-electron chi connectivity index (χ3n) is 4.10. The topological polar surface area (TPSA) is 88.3 Å². The summed E-state index contributed by atoms with van der Waals surface area (Å²) < 4.78 is 1.99. The maximum absolute atomic E-state index is 12.3. The predicted octanol–water partition coefficient (Wildman–Crippen LogP) is 1.40. The van der Waals surface area contributed by atoms with Crippen molar-refractivity contribution in [2.24, 2.45) is 5.92 Å². The fraction of sp³-hybridized carbons (Fsp3) is 0.375. The number of carboxylic acids is 1.